The summed E-state index contributed by atoms with van der Waals surface area (Å²) >= 11 is 0. The Balaban J connectivity index is 1.21. The Kier molecular flexibility index (Phi) is 12.3. The normalized spacial score (nSPS) is 29.8. The molecule has 0 aromatic heterocycles. The van der Waals surface area contributed by atoms with Crippen LogP contribution in [0, 0.1) is 0 Å². The highest BCUT2D eigenvalue weighted by Crippen LogP contribution is 2.44. The molecule has 320 valence electrons. The first-order valence-electron chi connectivity index (χ1n) is 20.0. The van der Waals surface area contributed by atoms with Crippen LogP contribution in [0.25, 0.3) is 0 Å². The van der Waals surface area contributed by atoms with E-state index in [0.29, 0.717) is 0 Å². The molecule has 0 bridgehead atoms. The van der Waals surface area contributed by atoms with Crippen molar-refractivity contribution in [3.63, 3.8) is 0 Å². The second-order valence-corrected chi connectivity index (χ2v) is 15.8. The number of carbonyl (C=O) groups excluding carboxylic acids is 4. The van der Waals surface area contributed by atoms with Crippen molar-refractivity contribution in [2.75, 3.05) is 13.2 Å². The molecule has 4 aliphatic rings. The number of ether oxygens (including phenoxy) is 11. The van der Waals surface area contributed by atoms with Gasteiger partial charge in [0.15, 0.2) is 42.5 Å². The second-order valence-electron chi connectivity index (χ2n) is 15.8. The summed E-state index contributed by atoms with van der Waals surface area (Å²) in [7, 11) is 0. The average Bonchev–Trinajstić information content (AvgIpc) is 3.90. The molecular formula is C46H46O15. The Morgan fingerprint density at radius 2 is 1.00 bits per heavy atom. The minimum atomic E-state index is -1.64. The van der Waals surface area contributed by atoms with Crippen LogP contribution in [-0.2, 0) is 52.1 Å². The molecule has 61 heavy (non-hydrogen) atoms. The number of hydrogen-bond donors (Lipinski definition) is 0. The van der Waals surface area contributed by atoms with E-state index in [1.165, 1.54) is 24.3 Å². The van der Waals surface area contributed by atoms with Gasteiger partial charge in [-0.15, -0.1) is 0 Å². The van der Waals surface area contributed by atoms with Crippen molar-refractivity contribution in [3.05, 3.63) is 144 Å². The standard InChI is InChI=1S/C46H46O15/c1-45(2)52-26-32(59-45)34-36(38-44(57-34)61-46(3,4)60-38)58-43-37(56-42(50)30-23-15-8-16-24-30)35(55-41(49)29-21-13-7-14-22-29)33(54-40(48)28-19-11-6-12-20-28)31(53-43)25-51-39(47)27-17-9-5-10-18-27/h5-24,31-38,43-44H,25-26H2,1-4H3/t31-,32-,33-,34-,35+,36+,37-,38-,43-,44-/m1/s1. The summed E-state index contributed by atoms with van der Waals surface area (Å²) in [6, 6.07) is 32.6. The maximum absolute atomic E-state index is 14.1. The molecule has 4 aromatic rings. The molecule has 4 saturated heterocycles. The van der Waals surface area contributed by atoms with Crippen LogP contribution >= 0.6 is 0 Å². The van der Waals surface area contributed by atoms with E-state index in [0.717, 1.165) is 0 Å². The molecule has 0 aliphatic carbocycles. The topological polar surface area (TPSA) is 170 Å². The largest absolute Gasteiger partial charge is 0.459 e. The van der Waals surface area contributed by atoms with Gasteiger partial charge in [0.05, 0.1) is 28.9 Å². The van der Waals surface area contributed by atoms with Crippen molar-refractivity contribution in [2.24, 2.45) is 0 Å². The van der Waals surface area contributed by atoms with Gasteiger partial charge in [0.25, 0.3) is 0 Å². The summed E-state index contributed by atoms with van der Waals surface area (Å²) < 4.78 is 68.8. The lowest BCUT2D eigenvalue weighted by molar-refractivity contribution is -0.322. The van der Waals surface area contributed by atoms with Crippen molar-refractivity contribution in [1.82, 2.24) is 0 Å². The molecule has 15 heteroatoms. The summed E-state index contributed by atoms with van der Waals surface area (Å²) in [6.45, 7) is 6.58. The molecule has 0 spiro atoms. The minimum absolute atomic E-state index is 0.130. The lowest BCUT2D eigenvalue weighted by Crippen LogP contribution is -2.64. The fourth-order valence-corrected chi connectivity index (χ4v) is 7.63. The number of esters is 4. The van der Waals surface area contributed by atoms with E-state index < -0.39 is 103 Å². The van der Waals surface area contributed by atoms with Gasteiger partial charge in [-0.3, -0.25) is 0 Å². The quantitative estimate of drug-likeness (QED) is 0.126. The Bertz CT molecular complexity index is 2150. The molecule has 8 rings (SSSR count). The highest BCUT2D eigenvalue weighted by atomic mass is 16.9. The maximum atomic E-state index is 14.1. The molecule has 4 heterocycles. The molecule has 10 atom stereocenters. The first kappa shape index (κ1) is 42.2. The zero-order valence-corrected chi connectivity index (χ0v) is 33.9. The van der Waals surface area contributed by atoms with Crippen LogP contribution in [0.1, 0.15) is 69.1 Å². The third kappa shape index (κ3) is 9.68. The molecule has 15 nitrogen and oxygen atoms in total. The van der Waals surface area contributed by atoms with Gasteiger partial charge in [0, 0.05) is 0 Å². The van der Waals surface area contributed by atoms with Crippen LogP contribution in [-0.4, -0.2) is 110 Å². The highest BCUT2D eigenvalue weighted by molar-refractivity contribution is 5.91. The second kappa shape index (κ2) is 17.8. The van der Waals surface area contributed by atoms with Gasteiger partial charge in [-0.2, -0.15) is 0 Å². The lowest BCUT2D eigenvalue weighted by atomic mass is 9.97. The zero-order valence-electron chi connectivity index (χ0n) is 33.9. The van der Waals surface area contributed by atoms with Gasteiger partial charge in [-0.25, -0.2) is 19.2 Å². The molecule has 4 aliphatic heterocycles. The van der Waals surface area contributed by atoms with Crippen LogP contribution in [0.15, 0.2) is 121 Å². The lowest BCUT2D eigenvalue weighted by Gasteiger charge is -2.45. The first-order valence-corrected chi connectivity index (χ1v) is 20.0. The van der Waals surface area contributed by atoms with Gasteiger partial charge in [0.1, 0.15) is 37.1 Å². The van der Waals surface area contributed by atoms with E-state index >= 15 is 0 Å². The maximum Gasteiger partial charge on any atom is 0.338 e. The zero-order chi connectivity index (χ0) is 42.7. The highest BCUT2D eigenvalue weighted by Gasteiger charge is 2.62. The van der Waals surface area contributed by atoms with Crippen molar-refractivity contribution >= 4 is 23.9 Å². The van der Waals surface area contributed by atoms with Crippen LogP contribution in [0.3, 0.4) is 0 Å². The predicted octanol–water partition coefficient (Wildman–Crippen LogP) is 5.66. The number of hydrogen-bond acceptors (Lipinski definition) is 15. The number of rotatable bonds is 12. The van der Waals surface area contributed by atoms with Gasteiger partial charge < -0.3 is 52.1 Å². The first-order chi connectivity index (χ1) is 29.3. The average molecular weight is 839 g/mol. The van der Waals surface area contributed by atoms with Gasteiger partial charge in [0.2, 0.25) is 0 Å². The summed E-state index contributed by atoms with van der Waals surface area (Å²) in [6.07, 6.45) is -12.2. The monoisotopic (exact) mass is 838 g/mol. The molecule has 0 amide bonds. The van der Waals surface area contributed by atoms with Gasteiger partial charge in [-0.05, 0) is 76.2 Å². The van der Waals surface area contributed by atoms with Crippen molar-refractivity contribution in [2.45, 2.75) is 101 Å². The fourth-order valence-electron chi connectivity index (χ4n) is 7.63. The predicted molar refractivity (Wildman–Crippen MR) is 211 cm³/mol. The fraction of sp³-hybridized carbons (Fsp3) is 0.391. The van der Waals surface area contributed by atoms with Crippen molar-refractivity contribution in [3.8, 4) is 0 Å². The van der Waals surface area contributed by atoms with Crippen molar-refractivity contribution in [1.29, 1.82) is 0 Å². The summed E-state index contributed by atoms with van der Waals surface area (Å²) in [5, 5.41) is 0. The molecule has 0 saturated carbocycles. The molecule has 4 aromatic carbocycles. The smallest absolute Gasteiger partial charge is 0.338 e. The molecule has 4 fully saturated rings. The number of carbonyl (C=O) groups is 4. The molecule has 0 unspecified atom stereocenters. The number of fused-ring (bicyclic) bond motifs is 1. The van der Waals surface area contributed by atoms with E-state index in [9.17, 15) is 19.2 Å². The Morgan fingerprint density at radius 3 is 1.49 bits per heavy atom. The van der Waals surface area contributed by atoms with E-state index in [2.05, 4.69) is 0 Å². The molecular weight excluding hydrogens is 792 g/mol. The Labute approximate surface area is 352 Å². The molecule has 0 N–H and O–H groups in total. The summed E-state index contributed by atoms with van der Waals surface area (Å²) in [4.78, 5) is 55.4. The third-order valence-electron chi connectivity index (χ3n) is 10.5. The minimum Gasteiger partial charge on any atom is -0.459 e. The van der Waals surface area contributed by atoms with Crippen LogP contribution in [0.5, 0.6) is 0 Å². The van der Waals surface area contributed by atoms with Crippen LogP contribution in [0.4, 0.5) is 0 Å². The Hall–Kier alpha value is -5.52. The third-order valence-corrected chi connectivity index (χ3v) is 10.5. The summed E-state index contributed by atoms with van der Waals surface area (Å²) in [5.74, 6) is -5.25. The van der Waals surface area contributed by atoms with E-state index in [1.807, 2.05) is 0 Å². The van der Waals surface area contributed by atoms with Crippen molar-refractivity contribution < 1.29 is 71.3 Å². The van der Waals surface area contributed by atoms with E-state index in [1.54, 1.807) is 125 Å². The van der Waals surface area contributed by atoms with E-state index in [4.69, 9.17) is 52.1 Å². The van der Waals surface area contributed by atoms with Crippen LogP contribution < -0.4 is 0 Å². The number of benzene rings is 4. The summed E-state index contributed by atoms with van der Waals surface area (Å²) in [5.41, 5.74) is 0.699. The molecule has 0 radical (unpaired) electrons. The van der Waals surface area contributed by atoms with E-state index in [-0.39, 0.29) is 28.9 Å². The Morgan fingerprint density at radius 1 is 0.525 bits per heavy atom. The SMILES string of the molecule is CC1(C)O[C@H]2O[C@H]([C@H]3COC(C)(C)O3)[C@H](O[C@H]3O[C@H](COC(=O)c4ccccc4)[C@@H](OC(=O)c4ccccc4)[C@H](OC(=O)c4ccccc4)[C@H]3OC(=O)c3ccccc3)[C@H]2O1. The van der Waals surface area contributed by atoms with Gasteiger partial charge in [-0.1, -0.05) is 72.8 Å². The van der Waals surface area contributed by atoms with Gasteiger partial charge >= 0.3 is 23.9 Å². The van der Waals surface area contributed by atoms with Crippen LogP contribution in [0.2, 0.25) is 0 Å².